The van der Waals surface area contributed by atoms with Crippen molar-refractivity contribution in [2.24, 2.45) is 0 Å². The van der Waals surface area contributed by atoms with Gasteiger partial charge < -0.3 is 0 Å². The van der Waals surface area contributed by atoms with Crippen molar-refractivity contribution >= 4 is 15.4 Å². The van der Waals surface area contributed by atoms with Crippen LogP contribution in [0.1, 0.15) is 161 Å². The van der Waals surface area contributed by atoms with Gasteiger partial charge in [-0.3, -0.25) is 0 Å². The third-order valence-corrected chi connectivity index (χ3v) is 41.2. The molecule has 0 amide bonds. The first-order chi connectivity index (χ1) is 25.0. The molecule has 0 saturated heterocycles. The second kappa shape index (κ2) is 13.1. The number of allylic oxidation sites excluding steroid dienone is 2. The number of fused-ring (bicyclic) bond motifs is 2. The van der Waals surface area contributed by atoms with E-state index in [4.69, 9.17) is 0 Å². The van der Waals surface area contributed by atoms with E-state index in [1.165, 1.54) is 81.3 Å². The minimum absolute atomic E-state index is 0.0812. The van der Waals surface area contributed by atoms with E-state index in [0.717, 1.165) is 0 Å². The molecule has 0 nitrogen and oxygen atoms in total. The fraction of sp³-hybridized carbons (Fsp3) is 0.453. The van der Waals surface area contributed by atoms with Crippen LogP contribution in [-0.2, 0) is 39.7 Å². The Balaban J connectivity index is 1.40. The van der Waals surface area contributed by atoms with E-state index < -0.39 is 18.0 Å². The zero-order valence-electron chi connectivity index (χ0n) is 36.2. The van der Waals surface area contributed by atoms with E-state index in [1.54, 1.807) is 11.1 Å². The maximum atomic E-state index is 2.86. The van der Waals surface area contributed by atoms with Gasteiger partial charge in [-0.1, -0.05) is 0 Å². The SMILES string of the molecule is CC(C)(C)c1cc(-c2cccc3c2C=C[CH]3[Hf]([CH3])([CH3])(=[C]2CCCC2)[CH]2C=Cc3c(-c4cc(C(C)(C)C)cc(C(C)(C)C)c4)cccc32)cc(C(C)(C)C)c1. The van der Waals surface area contributed by atoms with Gasteiger partial charge in [0.2, 0.25) is 0 Å². The van der Waals surface area contributed by atoms with Crippen molar-refractivity contribution in [1.82, 2.24) is 0 Å². The Morgan fingerprint density at radius 3 is 1.11 bits per heavy atom. The predicted octanol–water partition coefficient (Wildman–Crippen LogP) is 15.6. The first kappa shape index (κ1) is 39.3. The summed E-state index contributed by atoms with van der Waals surface area (Å²) in [6, 6.07) is 29.4. The first-order valence-corrected chi connectivity index (χ1v) is 34.1. The van der Waals surface area contributed by atoms with Crippen molar-refractivity contribution in [3.63, 3.8) is 0 Å². The molecular formula is C53H68Hf. The molecule has 4 aromatic carbocycles. The van der Waals surface area contributed by atoms with Crippen LogP contribution in [0.3, 0.4) is 0 Å². The zero-order chi connectivity index (χ0) is 39.2. The molecule has 0 aliphatic heterocycles. The molecule has 7 rings (SSSR count). The van der Waals surface area contributed by atoms with E-state index in [-0.39, 0.29) is 21.7 Å². The summed E-state index contributed by atoms with van der Waals surface area (Å²) >= 11 is -4.08. The van der Waals surface area contributed by atoms with Crippen molar-refractivity contribution in [2.45, 2.75) is 147 Å². The average Bonchev–Trinajstić information content (AvgIpc) is 3.87. The molecule has 0 spiro atoms. The maximum absolute atomic E-state index is 4.08. The quantitative estimate of drug-likeness (QED) is 0.179. The molecule has 54 heavy (non-hydrogen) atoms. The molecule has 0 radical (unpaired) electrons. The molecule has 2 atom stereocenters. The van der Waals surface area contributed by atoms with E-state index in [0.29, 0.717) is 7.35 Å². The molecule has 3 aliphatic carbocycles. The van der Waals surface area contributed by atoms with Crippen LogP contribution in [0.15, 0.2) is 84.9 Å². The molecule has 2 unspecified atom stereocenters. The average molecular weight is 884 g/mol. The summed E-state index contributed by atoms with van der Waals surface area (Å²) in [6.45, 7) is 28.3. The van der Waals surface area contributed by atoms with Gasteiger partial charge in [0, 0.05) is 0 Å². The number of hydrogen-bond acceptors (Lipinski definition) is 0. The van der Waals surface area contributed by atoms with Crippen LogP contribution < -0.4 is 0 Å². The monoisotopic (exact) mass is 884 g/mol. The molecule has 0 aromatic heterocycles. The molecule has 0 bridgehead atoms. The van der Waals surface area contributed by atoms with Crippen LogP contribution in [0.4, 0.5) is 0 Å². The van der Waals surface area contributed by atoms with Gasteiger partial charge in [-0.2, -0.15) is 0 Å². The van der Waals surface area contributed by atoms with Crippen LogP contribution in [0.5, 0.6) is 0 Å². The summed E-state index contributed by atoms with van der Waals surface area (Å²) in [7, 11) is 0. The van der Waals surface area contributed by atoms with Gasteiger partial charge in [0.1, 0.15) is 0 Å². The van der Waals surface area contributed by atoms with Gasteiger partial charge in [-0.05, 0) is 0 Å². The molecule has 1 heteroatoms. The summed E-state index contributed by atoms with van der Waals surface area (Å²) in [5, 5.41) is 0. The number of hydrogen-bond donors (Lipinski definition) is 0. The third kappa shape index (κ3) is 6.71. The van der Waals surface area contributed by atoms with Gasteiger partial charge in [-0.15, -0.1) is 0 Å². The molecule has 3 aliphatic rings. The zero-order valence-corrected chi connectivity index (χ0v) is 39.8. The van der Waals surface area contributed by atoms with Crippen LogP contribution in [0.25, 0.3) is 34.4 Å². The Morgan fingerprint density at radius 2 is 0.796 bits per heavy atom. The summed E-state index contributed by atoms with van der Waals surface area (Å²) in [5.41, 5.74) is 17.6. The van der Waals surface area contributed by atoms with Crippen molar-refractivity contribution < 1.29 is 18.0 Å². The molecular weight excluding hydrogens is 815 g/mol. The van der Waals surface area contributed by atoms with E-state index in [1.807, 2.05) is 3.26 Å². The van der Waals surface area contributed by atoms with E-state index in [9.17, 15) is 0 Å². The molecule has 0 heterocycles. The van der Waals surface area contributed by atoms with E-state index >= 15 is 0 Å². The Kier molecular flexibility index (Phi) is 9.53. The van der Waals surface area contributed by atoms with Crippen LogP contribution in [0.2, 0.25) is 9.36 Å². The summed E-state index contributed by atoms with van der Waals surface area (Å²) in [4.78, 5) is 0. The normalized spacial score (nSPS) is 19.1. The summed E-state index contributed by atoms with van der Waals surface area (Å²) < 4.78 is 8.66. The van der Waals surface area contributed by atoms with Crippen molar-refractivity contribution in [3.05, 3.63) is 129 Å². The molecule has 0 N–H and O–H groups in total. The number of rotatable bonds is 4. The summed E-state index contributed by atoms with van der Waals surface area (Å²) in [6.07, 6.45) is 15.8. The van der Waals surface area contributed by atoms with Crippen LogP contribution in [0, 0.1) is 0 Å². The van der Waals surface area contributed by atoms with Crippen LogP contribution >= 0.6 is 0 Å². The van der Waals surface area contributed by atoms with Gasteiger partial charge in [-0.25, -0.2) is 0 Å². The van der Waals surface area contributed by atoms with Gasteiger partial charge in [0.25, 0.3) is 0 Å². The minimum atomic E-state index is -4.08. The molecule has 4 aromatic rings. The van der Waals surface area contributed by atoms with E-state index in [2.05, 4.69) is 190 Å². The standard InChI is InChI=1S/2C23H27.C5H8.2CH3.Hf/c2*1-22(2,3)18-13-17(14-19(15-18)23(4,5)6)21-12-8-10-16-9-7-11-20(16)21;1-2-4-5-3-1;;;/h2*7-15H,1-6H3;1-4H2;2*1H3;. The van der Waals surface area contributed by atoms with Crippen molar-refractivity contribution in [3.8, 4) is 22.3 Å². The molecule has 284 valence electrons. The van der Waals surface area contributed by atoms with Crippen molar-refractivity contribution in [2.75, 3.05) is 0 Å². The van der Waals surface area contributed by atoms with Crippen molar-refractivity contribution in [1.29, 1.82) is 0 Å². The molecule has 1 fully saturated rings. The van der Waals surface area contributed by atoms with Crippen LogP contribution in [-0.4, -0.2) is 3.26 Å². The fourth-order valence-corrected chi connectivity index (χ4v) is 35.4. The van der Waals surface area contributed by atoms with Gasteiger partial charge in [0.05, 0.1) is 0 Å². The Bertz CT molecular complexity index is 2050. The second-order valence-corrected chi connectivity index (χ2v) is 48.1. The Labute approximate surface area is 330 Å². The first-order valence-electron chi connectivity index (χ1n) is 21.0. The van der Waals surface area contributed by atoms with Gasteiger partial charge in [0.15, 0.2) is 0 Å². The third-order valence-electron chi connectivity index (χ3n) is 14.0. The fourth-order valence-electron chi connectivity index (χ4n) is 10.2. The number of benzene rings is 4. The summed E-state index contributed by atoms with van der Waals surface area (Å²) in [5.74, 6) is 0. The Morgan fingerprint density at radius 1 is 0.463 bits per heavy atom. The van der Waals surface area contributed by atoms with Gasteiger partial charge >= 0.3 is 332 Å². The topological polar surface area (TPSA) is 0 Å². The predicted molar refractivity (Wildman–Crippen MR) is 237 cm³/mol. The second-order valence-electron chi connectivity index (χ2n) is 22.3. The molecule has 1 saturated carbocycles. The Hall–Kier alpha value is -2.90.